The van der Waals surface area contributed by atoms with E-state index in [2.05, 4.69) is 0 Å². The van der Waals surface area contributed by atoms with Crippen LogP contribution in [0.1, 0.15) is 60.2 Å². The SMILES string of the molecule is CCCC(C)CCC(=O)c1cc(C(=O)O)c(F)cc1F. The Balaban J connectivity index is 2.87. The monoisotopic (exact) mass is 284 g/mol. The lowest BCUT2D eigenvalue weighted by Gasteiger charge is -2.10. The van der Waals surface area contributed by atoms with Gasteiger partial charge in [-0.3, -0.25) is 4.79 Å². The van der Waals surface area contributed by atoms with Crippen LogP contribution in [0.15, 0.2) is 12.1 Å². The molecule has 0 saturated carbocycles. The van der Waals surface area contributed by atoms with Gasteiger partial charge in [-0.2, -0.15) is 0 Å². The van der Waals surface area contributed by atoms with Crippen molar-refractivity contribution in [1.82, 2.24) is 0 Å². The van der Waals surface area contributed by atoms with E-state index < -0.39 is 29.0 Å². The Hall–Kier alpha value is -1.78. The molecular formula is C15H18F2O3. The predicted octanol–water partition coefficient (Wildman–Crippen LogP) is 4.06. The summed E-state index contributed by atoms with van der Waals surface area (Å²) in [7, 11) is 0. The maximum absolute atomic E-state index is 13.6. The number of ketones is 1. The second-order valence-electron chi connectivity index (χ2n) is 4.97. The Kier molecular flexibility index (Phi) is 5.80. The quantitative estimate of drug-likeness (QED) is 0.768. The minimum Gasteiger partial charge on any atom is -0.478 e. The van der Waals surface area contributed by atoms with Gasteiger partial charge in [-0.1, -0.05) is 26.7 Å². The normalized spacial score (nSPS) is 12.2. The van der Waals surface area contributed by atoms with Gasteiger partial charge in [0.15, 0.2) is 5.78 Å². The molecule has 0 aromatic heterocycles. The molecular weight excluding hydrogens is 266 g/mol. The first kappa shape index (κ1) is 16.3. The number of carbonyl (C=O) groups is 2. The van der Waals surface area contributed by atoms with E-state index in [9.17, 15) is 18.4 Å². The van der Waals surface area contributed by atoms with Crippen molar-refractivity contribution in [3.63, 3.8) is 0 Å². The van der Waals surface area contributed by atoms with Crippen LogP contribution in [-0.4, -0.2) is 16.9 Å². The first-order valence-electron chi connectivity index (χ1n) is 6.62. The fourth-order valence-corrected chi connectivity index (χ4v) is 2.08. The molecule has 1 unspecified atom stereocenters. The summed E-state index contributed by atoms with van der Waals surface area (Å²) in [4.78, 5) is 22.7. The molecule has 3 nitrogen and oxygen atoms in total. The van der Waals surface area contributed by atoms with E-state index in [0.717, 1.165) is 18.9 Å². The highest BCUT2D eigenvalue weighted by molar-refractivity contribution is 5.99. The second-order valence-corrected chi connectivity index (χ2v) is 4.97. The van der Waals surface area contributed by atoms with Gasteiger partial charge in [0, 0.05) is 12.5 Å². The highest BCUT2D eigenvalue weighted by atomic mass is 19.1. The van der Waals surface area contributed by atoms with Crippen molar-refractivity contribution >= 4 is 11.8 Å². The molecule has 1 aromatic rings. The van der Waals surface area contributed by atoms with Crippen molar-refractivity contribution in [2.45, 2.75) is 39.5 Å². The fourth-order valence-electron chi connectivity index (χ4n) is 2.08. The van der Waals surface area contributed by atoms with E-state index in [4.69, 9.17) is 5.11 Å². The maximum Gasteiger partial charge on any atom is 0.338 e. The van der Waals surface area contributed by atoms with Crippen molar-refractivity contribution in [2.24, 2.45) is 5.92 Å². The number of carbonyl (C=O) groups excluding carboxylic acids is 1. The molecule has 110 valence electrons. The number of rotatable bonds is 7. The van der Waals surface area contributed by atoms with E-state index in [1.54, 1.807) is 0 Å². The third-order valence-corrected chi connectivity index (χ3v) is 3.23. The Labute approximate surface area is 116 Å². The van der Waals surface area contributed by atoms with Crippen LogP contribution in [0, 0.1) is 17.6 Å². The van der Waals surface area contributed by atoms with Crippen molar-refractivity contribution in [3.05, 3.63) is 34.9 Å². The zero-order valence-corrected chi connectivity index (χ0v) is 11.6. The molecule has 0 spiro atoms. The standard InChI is InChI=1S/C15H18F2O3/c1-3-4-9(2)5-6-14(18)10-7-11(15(19)20)13(17)8-12(10)16/h7-9H,3-6H2,1-2H3,(H,19,20). The van der Waals surface area contributed by atoms with Crippen LogP contribution < -0.4 is 0 Å². The number of aromatic carboxylic acids is 1. The lowest BCUT2D eigenvalue weighted by atomic mass is 9.95. The van der Waals surface area contributed by atoms with Crippen LogP contribution in [-0.2, 0) is 0 Å². The molecule has 5 heteroatoms. The van der Waals surface area contributed by atoms with Crippen molar-refractivity contribution in [1.29, 1.82) is 0 Å². The van der Waals surface area contributed by atoms with Gasteiger partial charge in [0.25, 0.3) is 0 Å². The van der Waals surface area contributed by atoms with Gasteiger partial charge in [0.1, 0.15) is 11.6 Å². The van der Waals surface area contributed by atoms with E-state index in [0.29, 0.717) is 18.4 Å². The highest BCUT2D eigenvalue weighted by Gasteiger charge is 2.19. The lowest BCUT2D eigenvalue weighted by molar-refractivity contribution is 0.0691. The van der Waals surface area contributed by atoms with Crippen LogP contribution >= 0.6 is 0 Å². The van der Waals surface area contributed by atoms with Gasteiger partial charge in [-0.05, 0) is 18.4 Å². The highest BCUT2D eigenvalue weighted by Crippen LogP contribution is 2.19. The molecule has 20 heavy (non-hydrogen) atoms. The fraction of sp³-hybridized carbons (Fsp3) is 0.467. The smallest absolute Gasteiger partial charge is 0.338 e. The van der Waals surface area contributed by atoms with Crippen molar-refractivity contribution in [2.75, 3.05) is 0 Å². The lowest BCUT2D eigenvalue weighted by Crippen LogP contribution is -2.09. The molecule has 0 aliphatic heterocycles. The molecule has 0 fully saturated rings. The Morgan fingerprint density at radius 3 is 2.30 bits per heavy atom. The third kappa shape index (κ3) is 4.11. The molecule has 0 heterocycles. The Morgan fingerprint density at radius 1 is 1.15 bits per heavy atom. The summed E-state index contributed by atoms with van der Waals surface area (Å²) in [6.07, 6.45) is 2.71. The number of hydrogen-bond donors (Lipinski definition) is 1. The number of carboxylic acids is 1. The number of benzene rings is 1. The first-order valence-corrected chi connectivity index (χ1v) is 6.62. The summed E-state index contributed by atoms with van der Waals surface area (Å²) in [6, 6.07) is 1.23. The zero-order chi connectivity index (χ0) is 15.3. The number of carboxylic acid groups (broad SMARTS) is 1. The average molecular weight is 284 g/mol. The van der Waals surface area contributed by atoms with E-state index >= 15 is 0 Å². The molecule has 0 aliphatic carbocycles. The first-order chi connectivity index (χ1) is 9.36. The molecule has 0 amide bonds. The largest absolute Gasteiger partial charge is 0.478 e. The minimum absolute atomic E-state index is 0.128. The maximum atomic E-state index is 13.6. The minimum atomic E-state index is -1.52. The molecule has 0 bridgehead atoms. The van der Waals surface area contributed by atoms with Crippen LogP contribution in [0.2, 0.25) is 0 Å². The van der Waals surface area contributed by atoms with Gasteiger partial charge >= 0.3 is 5.97 Å². The van der Waals surface area contributed by atoms with E-state index in [1.165, 1.54) is 0 Å². The molecule has 1 aromatic carbocycles. The molecule has 0 saturated heterocycles. The van der Waals surface area contributed by atoms with Gasteiger partial charge in [0.2, 0.25) is 0 Å². The molecule has 1 atom stereocenters. The summed E-state index contributed by atoms with van der Waals surface area (Å²) in [5.74, 6) is -3.86. The molecule has 0 radical (unpaired) electrons. The van der Waals surface area contributed by atoms with Gasteiger partial charge in [-0.15, -0.1) is 0 Å². The second kappa shape index (κ2) is 7.12. The number of Topliss-reactive ketones (excluding diaryl/α,β-unsaturated/α-hetero) is 1. The zero-order valence-electron chi connectivity index (χ0n) is 11.6. The van der Waals surface area contributed by atoms with E-state index in [-0.39, 0.29) is 12.0 Å². The Bertz CT molecular complexity index is 512. The van der Waals surface area contributed by atoms with Crippen molar-refractivity contribution < 1.29 is 23.5 Å². The summed E-state index contributed by atoms with van der Waals surface area (Å²) in [5.41, 5.74) is -1.04. The van der Waals surface area contributed by atoms with Crippen LogP contribution in [0.3, 0.4) is 0 Å². The summed E-state index contributed by atoms with van der Waals surface area (Å²) in [6.45, 7) is 4.04. The molecule has 0 aliphatic rings. The van der Waals surface area contributed by atoms with Crippen molar-refractivity contribution in [3.8, 4) is 0 Å². The predicted molar refractivity (Wildman–Crippen MR) is 71.0 cm³/mol. The summed E-state index contributed by atoms with van der Waals surface area (Å²) >= 11 is 0. The van der Waals surface area contributed by atoms with Gasteiger partial charge in [-0.25, -0.2) is 13.6 Å². The van der Waals surface area contributed by atoms with Crippen LogP contribution in [0.25, 0.3) is 0 Å². The summed E-state index contributed by atoms with van der Waals surface area (Å²) in [5, 5.41) is 8.78. The average Bonchev–Trinajstić information content (AvgIpc) is 2.36. The third-order valence-electron chi connectivity index (χ3n) is 3.23. The van der Waals surface area contributed by atoms with E-state index in [1.807, 2.05) is 13.8 Å². The number of hydrogen-bond acceptors (Lipinski definition) is 2. The molecule has 1 N–H and O–H groups in total. The van der Waals surface area contributed by atoms with Gasteiger partial charge in [0.05, 0.1) is 11.1 Å². The Morgan fingerprint density at radius 2 is 1.75 bits per heavy atom. The van der Waals surface area contributed by atoms with Crippen LogP contribution in [0.5, 0.6) is 0 Å². The number of halogens is 2. The van der Waals surface area contributed by atoms with Gasteiger partial charge < -0.3 is 5.11 Å². The topological polar surface area (TPSA) is 54.4 Å². The molecule has 1 rings (SSSR count). The van der Waals surface area contributed by atoms with Crippen LogP contribution in [0.4, 0.5) is 8.78 Å². The summed E-state index contributed by atoms with van der Waals surface area (Å²) < 4.78 is 26.8.